The van der Waals surface area contributed by atoms with Crippen LogP contribution in [-0.4, -0.2) is 27.6 Å². The Morgan fingerprint density at radius 3 is 3.08 bits per heavy atom. The van der Waals surface area contributed by atoms with Crippen molar-refractivity contribution in [3.05, 3.63) is 11.6 Å². The zero-order chi connectivity index (χ0) is 8.97. The van der Waals surface area contributed by atoms with Crippen molar-refractivity contribution in [2.24, 2.45) is 0 Å². The van der Waals surface area contributed by atoms with Crippen LogP contribution < -0.4 is 5.32 Å². The van der Waals surface area contributed by atoms with E-state index in [9.17, 15) is 4.79 Å². The Morgan fingerprint density at radius 2 is 2.58 bits per heavy atom. The fraction of sp³-hybridized carbons (Fsp3) is 0.286. The van der Waals surface area contributed by atoms with Crippen LogP contribution in [0.15, 0.2) is 0 Å². The Labute approximate surface area is 69.6 Å². The highest BCUT2D eigenvalue weighted by atomic mass is 16.2. The molecule has 0 fully saturated rings. The maximum atomic E-state index is 11.1. The fourth-order valence-corrected chi connectivity index (χ4v) is 0.655. The molecule has 0 aliphatic heterocycles. The summed E-state index contributed by atoms with van der Waals surface area (Å²) in [5.74, 6) is 2.63. The third-order valence-corrected chi connectivity index (χ3v) is 1.15. The van der Waals surface area contributed by atoms with E-state index < -0.39 is 0 Å². The molecule has 0 unspecified atom stereocenters. The quantitative estimate of drug-likeness (QED) is 0.577. The smallest absolute Gasteiger partial charge is 0.291 e. The topological polar surface area (TPSA) is 70.7 Å². The first-order valence-electron chi connectivity index (χ1n) is 3.34. The maximum Gasteiger partial charge on any atom is 0.291 e. The van der Waals surface area contributed by atoms with Crippen molar-refractivity contribution in [3.63, 3.8) is 0 Å². The number of hydrogen-bond donors (Lipinski definition) is 2. The van der Waals surface area contributed by atoms with Gasteiger partial charge in [0, 0.05) is 0 Å². The van der Waals surface area contributed by atoms with Crippen molar-refractivity contribution in [1.82, 2.24) is 20.5 Å². The summed E-state index contributed by atoms with van der Waals surface area (Å²) in [6.07, 6.45) is 4.95. The Kier molecular flexibility index (Phi) is 2.43. The largest absolute Gasteiger partial charge is 0.338 e. The van der Waals surface area contributed by atoms with Gasteiger partial charge in [-0.3, -0.25) is 9.89 Å². The number of H-pyrrole nitrogens is 1. The SMILES string of the molecule is C#CCNC(=O)c1n[nH]c(C)n1. The van der Waals surface area contributed by atoms with Crippen LogP contribution in [0, 0.1) is 19.3 Å². The van der Waals surface area contributed by atoms with Crippen LogP contribution >= 0.6 is 0 Å². The number of terminal acetylenes is 1. The van der Waals surface area contributed by atoms with E-state index in [4.69, 9.17) is 6.42 Å². The van der Waals surface area contributed by atoms with Gasteiger partial charge in [-0.05, 0) is 6.92 Å². The maximum absolute atomic E-state index is 11.1. The summed E-state index contributed by atoms with van der Waals surface area (Å²) in [7, 11) is 0. The van der Waals surface area contributed by atoms with Gasteiger partial charge in [0.05, 0.1) is 6.54 Å². The second-order valence-electron chi connectivity index (χ2n) is 2.13. The Hall–Kier alpha value is -1.83. The van der Waals surface area contributed by atoms with Gasteiger partial charge in [0.2, 0.25) is 5.82 Å². The molecule has 0 aliphatic rings. The molecule has 1 amide bonds. The minimum Gasteiger partial charge on any atom is -0.338 e. The first-order chi connectivity index (χ1) is 5.74. The monoisotopic (exact) mass is 164 g/mol. The van der Waals surface area contributed by atoms with E-state index in [2.05, 4.69) is 26.4 Å². The molecule has 12 heavy (non-hydrogen) atoms. The highest BCUT2D eigenvalue weighted by Gasteiger charge is 2.08. The number of aryl methyl sites for hydroxylation is 1. The van der Waals surface area contributed by atoms with E-state index >= 15 is 0 Å². The summed E-state index contributed by atoms with van der Waals surface area (Å²) in [6, 6.07) is 0. The minimum absolute atomic E-state index is 0.114. The average molecular weight is 164 g/mol. The molecule has 1 aromatic heterocycles. The zero-order valence-corrected chi connectivity index (χ0v) is 6.59. The summed E-state index contributed by atoms with van der Waals surface area (Å²) < 4.78 is 0. The van der Waals surface area contributed by atoms with Crippen molar-refractivity contribution in [2.45, 2.75) is 6.92 Å². The van der Waals surface area contributed by atoms with Crippen molar-refractivity contribution in [1.29, 1.82) is 0 Å². The van der Waals surface area contributed by atoms with Gasteiger partial charge in [-0.25, -0.2) is 4.98 Å². The lowest BCUT2D eigenvalue weighted by molar-refractivity contribution is 0.0948. The number of carbonyl (C=O) groups excluding carboxylic acids is 1. The molecule has 5 nitrogen and oxygen atoms in total. The van der Waals surface area contributed by atoms with Crippen molar-refractivity contribution in [2.75, 3.05) is 6.54 Å². The molecule has 0 spiro atoms. The summed E-state index contributed by atoms with van der Waals surface area (Å²) >= 11 is 0. The number of aromatic amines is 1. The molecule has 1 heterocycles. The molecule has 1 rings (SSSR count). The number of nitrogens with zero attached hydrogens (tertiary/aromatic N) is 2. The Balaban J connectivity index is 2.61. The highest BCUT2D eigenvalue weighted by Crippen LogP contribution is 1.89. The van der Waals surface area contributed by atoms with Crippen LogP contribution in [0.5, 0.6) is 0 Å². The Morgan fingerprint density at radius 1 is 1.83 bits per heavy atom. The number of carbonyl (C=O) groups is 1. The molecule has 0 bridgehead atoms. The molecular formula is C7H8N4O. The van der Waals surface area contributed by atoms with Crippen LogP contribution in [0.1, 0.15) is 16.4 Å². The lowest BCUT2D eigenvalue weighted by atomic mass is 10.5. The standard InChI is InChI=1S/C7H8N4O/c1-3-4-8-7(12)6-9-5(2)10-11-6/h1H,4H2,2H3,(H,8,12)(H,9,10,11). The average Bonchev–Trinajstić information content (AvgIpc) is 2.47. The third-order valence-electron chi connectivity index (χ3n) is 1.15. The van der Waals surface area contributed by atoms with Crippen molar-refractivity contribution < 1.29 is 4.79 Å². The number of hydrogen-bond acceptors (Lipinski definition) is 3. The van der Waals surface area contributed by atoms with Crippen LogP contribution in [0.2, 0.25) is 0 Å². The molecule has 0 saturated heterocycles. The van der Waals surface area contributed by atoms with Crippen molar-refractivity contribution in [3.8, 4) is 12.3 Å². The fourth-order valence-electron chi connectivity index (χ4n) is 0.655. The van der Waals surface area contributed by atoms with Gasteiger partial charge in [0.15, 0.2) is 0 Å². The van der Waals surface area contributed by atoms with Gasteiger partial charge in [-0.15, -0.1) is 11.5 Å². The van der Waals surface area contributed by atoms with Crippen LogP contribution in [0.25, 0.3) is 0 Å². The zero-order valence-electron chi connectivity index (χ0n) is 6.59. The molecule has 2 N–H and O–H groups in total. The molecule has 0 aliphatic carbocycles. The van der Waals surface area contributed by atoms with Crippen molar-refractivity contribution >= 4 is 5.91 Å². The highest BCUT2D eigenvalue weighted by molar-refractivity contribution is 5.90. The first kappa shape index (κ1) is 8.27. The molecule has 62 valence electrons. The summed E-state index contributed by atoms with van der Waals surface area (Å²) in [5.41, 5.74) is 0. The van der Waals surface area contributed by atoms with E-state index in [0.717, 1.165) is 0 Å². The lowest BCUT2D eigenvalue weighted by Crippen LogP contribution is -2.24. The van der Waals surface area contributed by atoms with Gasteiger partial charge >= 0.3 is 0 Å². The first-order valence-corrected chi connectivity index (χ1v) is 3.34. The second-order valence-corrected chi connectivity index (χ2v) is 2.13. The van der Waals surface area contributed by atoms with E-state index in [1.54, 1.807) is 6.92 Å². The van der Waals surface area contributed by atoms with E-state index in [0.29, 0.717) is 5.82 Å². The molecule has 0 saturated carbocycles. The molecule has 1 aromatic rings. The van der Waals surface area contributed by atoms with Crippen LogP contribution in [0.3, 0.4) is 0 Å². The minimum atomic E-state index is -0.364. The number of rotatable bonds is 2. The van der Waals surface area contributed by atoms with Crippen LogP contribution in [-0.2, 0) is 0 Å². The van der Waals surface area contributed by atoms with E-state index in [1.807, 2.05) is 0 Å². The number of nitrogens with one attached hydrogen (secondary N) is 2. The summed E-state index contributed by atoms with van der Waals surface area (Å²) in [5, 5.41) is 8.65. The molecule has 5 heteroatoms. The van der Waals surface area contributed by atoms with Gasteiger partial charge in [-0.2, -0.15) is 0 Å². The number of amides is 1. The summed E-state index contributed by atoms with van der Waals surface area (Å²) in [4.78, 5) is 14.9. The van der Waals surface area contributed by atoms with Gasteiger partial charge in [-0.1, -0.05) is 5.92 Å². The van der Waals surface area contributed by atoms with E-state index in [-0.39, 0.29) is 18.3 Å². The van der Waals surface area contributed by atoms with Gasteiger partial charge in [0.1, 0.15) is 5.82 Å². The van der Waals surface area contributed by atoms with Gasteiger partial charge < -0.3 is 5.32 Å². The molecule has 0 aromatic carbocycles. The Bertz CT molecular complexity index is 322. The lowest BCUT2D eigenvalue weighted by Gasteiger charge is -1.93. The van der Waals surface area contributed by atoms with E-state index in [1.165, 1.54) is 0 Å². The predicted octanol–water partition coefficient (Wildman–Crippen LogP) is -0.524. The third kappa shape index (κ3) is 1.83. The second kappa shape index (κ2) is 3.53. The normalized spacial score (nSPS) is 9.00. The predicted molar refractivity (Wildman–Crippen MR) is 42.3 cm³/mol. The molecule has 0 atom stereocenters. The van der Waals surface area contributed by atoms with Gasteiger partial charge in [0.25, 0.3) is 5.91 Å². The molecule has 0 radical (unpaired) electrons. The molecular weight excluding hydrogens is 156 g/mol. The summed E-state index contributed by atoms with van der Waals surface area (Å²) in [6.45, 7) is 1.90. The van der Waals surface area contributed by atoms with Crippen LogP contribution in [0.4, 0.5) is 0 Å². The number of aromatic nitrogens is 3.